The third kappa shape index (κ3) is 3.93. The van der Waals surface area contributed by atoms with Crippen molar-refractivity contribution in [3.8, 4) is 39.4 Å². The van der Waals surface area contributed by atoms with Crippen LogP contribution in [-0.2, 0) is 0 Å². The van der Waals surface area contributed by atoms with Gasteiger partial charge in [-0.25, -0.2) is 0 Å². The van der Waals surface area contributed by atoms with Gasteiger partial charge in [0.2, 0.25) is 0 Å². The molecule has 0 bridgehead atoms. The van der Waals surface area contributed by atoms with Crippen LogP contribution in [0.4, 0.5) is 0 Å². The van der Waals surface area contributed by atoms with Crippen LogP contribution in [0.1, 0.15) is 5.56 Å². The molecular weight excluding hydrogens is 506 g/mol. The second-order valence-corrected chi connectivity index (χ2v) is 10.9. The minimum absolute atomic E-state index is 0.663. The Bertz CT molecular complexity index is 2220. The summed E-state index contributed by atoms with van der Waals surface area (Å²) in [6.07, 6.45) is 0. The van der Waals surface area contributed by atoms with E-state index < -0.39 is 0 Å². The van der Waals surface area contributed by atoms with E-state index in [1.807, 2.05) is 12.1 Å². The first-order valence-corrected chi connectivity index (χ1v) is 14.2. The van der Waals surface area contributed by atoms with E-state index in [2.05, 4.69) is 146 Å². The van der Waals surface area contributed by atoms with E-state index in [0.717, 1.165) is 11.1 Å². The average Bonchev–Trinajstić information content (AvgIpc) is 3.07. The van der Waals surface area contributed by atoms with Gasteiger partial charge in [-0.2, -0.15) is 5.26 Å². The largest absolute Gasteiger partial charge is 0.192 e. The molecule has 0 spiro atoms. The normalized spacial score (nSPS) is 11.3. The van der Waals surface area contributed by atoms with E-state index in [1.165, 1.54) is 65.3 Å². The molecule has 8 aromatic rings. The van der Waals surface area contributed by atoms with Crippen molar-refractivity contribution in [2.45, 2.75) is 0 Å². The van der Waals surface area contributed by atoms with Crippen LogP contribution in [0.5, 0.6) is 0 Å². The molecule has 0 unspecified atom stereocenters. The molecule has 0 aliphatic heterocycles. The van der Waals surface area contributed by atoms with Crippen LogP contribution >= 0.6 is 0 Å². The Hall–Kier alpha value is -5.71. The lowest BCUT2D eigenvalue weighted by atomic mass is 9.87. The molecule has 0 saturated heterocycles. The monoisotopic (exact) mass is 531 g/mol. The van der Waals surface area contributed by atoms with Crippen LogP contribution in [0.15, 0.2) is 152 Å². The van der Waals surface area contributed by atoms with Crippen molar-refractivity contribution in [2.24, 2.45) is 0 Å². The maximum atomic E-state index is 9.41. The second-order valence-electron chi connectivity index (χ2n) is 10.9. The topological polar surface area (TPSA) is 23.8 Å². The van der Waals surface area contributed by atoms with Gasteiger partial charge in [0, 0.05) is 0 Å². The summed E-state index contributed by atoms with van der Waals surface area (Å²) in [4.78, 5) is 0. The number of fused-ring (bicyclic) bond motifs is 6. The smallest absolute Gasteiger partial charge is 0.0991 e. The van der Waals surface area contributed by atoms with Gasteiger partial charge < -0.3 is 0 Å². The fourth-order valence-electron chi connectivity index (χ4n) is 6.43. The maximum absolute atomic E-state index is 9.41. The van der Waals surface area contributed by atoms with E-state index in [9.17, 15) is 5.26 Å². The summed E-state index contributed by atoms with van der Waals surface area (Å²) in [5, 5.41) is 19.4. The van der Waals surface area contributed by atoms with Crippen LogP contribution < -0.4 is 0 Å². The lowest BCUT2D eigenvalue weighted by molar-refractivity contribution is 1.48. The summed E-state index contributed by atoms with van der Waals surface area (Å²) in [5.41, 5.74) is 7.65. The van der Waals surface area contributed by atoms with Crippen molar-refractivity contribution in [2.75, 3.05) is 0 Å². The summed E-state index contributed by atoms with van der Waals surface area (Å²) < 4.78 is 0. The Morgan fingerprint density at radius 1 is 0.333 bits per heavy atom. The van der Waals surface area contributed by atoms with Crippen molar-refractivity contribution < 1.29 is 0 Å². The van der Waals surface area contributed by atoms with Crippen LogP contribution in [-0.4, -0.2) is 0 Å². The molecule has 0 radical (unpaired) electrons. The summed E-state index contributed by atoms with van der Waals surface area (Å²) in [6, 6.07) is 56.5. The first kappa shape index (κ1) is 24.1. The van der Waals surface area contributed by atoms with Gasteiger partial charge in [-0.1, -0.05) is 109 Å². The van der Waals surface area contributed by atoms with E-state index in [0.29, 0.717) is 5.56 Å². The van der Waals surface area contributed by atoms with Crippen LogP contribution in [0.2, 0.25) is 0 Å². The van der Waals surface area contributed by atoms with Gasteiger partial charge in [0.15, 0.2) is 0 Å². The van der Waals surface area contributed by atoms with Crippen molar-refractivity contribution in [1.82, 2.24) is 0 Å². The summed E-state index contributed by atoms with van der Waals surface area (Å²) in [7, 11) is 0. The number of hydrogen-bond acceptors (Lipinski definition) is 1. The molecule has 194 valence electrons. The Labute approximate surface area is 244 Å². The molecule has 0 saturated carbocycles. The predicted molar refractivity (Wildman–Crippen MR) is 177 cm³/mol. The van der Waals surface area contributed by atoms with Gasteiger partial charge in [-0.3, -0.25) is 0 Å². The Kier molecular flexibility index (Phi) is 5.59. The maximum Gasteiger partial charge on any atom is 0.0991 e. The van der Waals surface area contributed by atoms with Gasteiger partial charge >= 0.3 is 0 Å². The highest BCUT2D eigenvalue weighted by atomic mass is 14.2. The Morgan fingerprint density at radius 2 is 0.738 bits per heavy atom. The molecule has 1 nitrogen and oxygen atoms in total. The molecular formula is C41H25N. The number of rotatable bonds is 3. The van der Waals surface area contributed by atoms with E-state index in [-0.39, 0.29) is 0 Å². The molecule has 42 heavy (non-hydrogen) atoms. The molecule has 8 rings (SSSR count). The Morgan fingerprint density at radius 3 is 1.21 bits per heavy atom. The molecule has 0 aliphatic rings. The first-order valence-electron chi connectivity index (χ1n) is 14.2. The summed E-state index contributed by atoms with van der Waals surface area (Å²) >= 11 is 0. The van der Waals surface area contributed by atoms with Gasteiger partial charge in [-0.15, -0.1) is 0 Å². The van der Waals surface area contributed by atoms with Crippen LogP contribution in [0.3, 0.4) is 0 Å². The fraction of sp³-hybridized carbons (Fsp3) is 0. The predicted octanol–water partition coefficient (Wildman–Crippen LogP) is 11.2. The molecule has 0 atom stereocenters. The molecule has 0 amide bonds. The standard InChI is InChI=1S/C41H25N/c42-26-27-17-19-28(20-18-27)31-21-32(40-24-29-9-1-3-11-34(29)36-13-5-7-15-38(36)40)23-33(22-31)41-25-30-10-2-4-12-35(30)37-14-6-8-16-39(37)41/h1-25H. The second kappa shape index (κ2) is 9.73. The van der Waals surface area contributed by atoms with E-state index in [4.69, 9.17) is 0 Å². The highest BCUT2D eigenvalue weighted by molar-refractivity contribution is 6.16. The van der Waals surface area contributed by atoms with E-state index in [1.54, 1.807) is 0 Å². The zero-order chi connectivity index (χ0) is 28.0. The van der Waals surface area contributed by atoms with Gasteiger partial charge in [0.1, 0.15) is 0 Å². The van der Waals surface area contributed by atoms with Gasteiger partial charge in [-0.05, 0) is 119 Å². The van der Waals surface area contributed by atoms with Crippen LogP contribution in [0, 0.1) is 11.3 Å². The molecule has 0 aromatic heterocycles. The van der Waals surface area contributed by atoms with Crippen molar-refractivity contribution in [3.05, 3.63) is 157 Å². The summed E-state index contributed by atoms with van der Waals surface area (Å²) in [6.45, 7) is 0. The van der Waals surface area contributed by atoms with Gasteiger partial charge in [0.25, 0.3) is 0 Å². The van der Waals surface area contributed by atoms with Crippen molar-refractivity contribution >= 4 is 43.1 Å². The van der Waals surface area contributed by atoms with Crippen molar-refractivity contribution in [1.29, 1.82) is 5.26 Å². The molecule has 8 aromatic carbocycles. The lowest BCUT2D eigenvalue weighted by Gasteiger charge is -2.16. The molecule has 0 heterocycles. The SMILES string of the molecule is N#Cc1ccc(-c2cc(-c3cc4ccccc4c4ccccc34)cc(-c3cc4ccccc4c4ccccc34)c2)cc1. The lowest BCUT2D eigenvalue weighted by Crippen LogP contribution is -1.90. The fourth-order valence-corrected chi connectivity index (χ4v) is 6.43. The first-order chi connectivity index (χ1) is 20.8. The number of hydrogen-bond donors (Lipinski definition) is 0. The molecule has 0 aliphatic carbocycles. The highest BCUT2D eigenvalue weighted by Gasteiger charge is 2.14. The third-order valence-corrected chi connectivity index (χ3v) is 8.44. The minimum atomic E-state index is 0.663. The Balaban J connectivity index is 1.46. The minimum Gasteiger partial charge on any atom is -0.192 e. The quantitative estimate of drug-likeness (QED) is 0.208. The molecule has 0 N–H and O–H groups in total. The third-order valence-electron chi connectivity index (χ3n) is 8.44. The molecule has 1 heteroatoms. The zero-order valence-corrected chi connectivity index (χ0v) is 22.9. The van der Waals surface area contributed by atoms with Crippen molar-refractivity contribution in [3.63, 3.8) is 0 Å². The number of benzene rings is 8. The highest BCUT2D eigenvalue weighted by Crippen LogP contribution is 2.41. The zero-order valence-electron chi connectivity index (χ0n) is 22.9. The van der Waals surface area contributed by atoms with Crippen LogP contribution in [0.25, 0.3) is 76.5 Å². The number of nitrogens with zero attached hydrogens (tertiary/aromatic N) is 1. The average molecular weight is 532 g/mol. The van der Waals surface area contributed by atoms with Gasteiger partial charge in [0.05, 0.1) is 11.6 Å². The summed E-state index contributed by atoms with van der Waals surface area (Å²) in [5.74, 6) is 0. The molecule has 0 fully saturated rings. The number of nitriles is 1. The van der Waals surface area contributed by atoms with E-state index >= 15 is 0 Å².